The van der Waals surface area contributed by atoms with E-state index in [0.717, 1.165) is 16.9 Å². The van der Waals surface area contributed by atoms with Gasteiger partial charge in [0.05, 0.1) is 19.3 Å². The molecule has 0 saturated carbocycles. The van der Waals surface area contributed by atoms with Gasteiger partial charge in [-0.15, -0.1) is 0 Å². The first-order chi connectivity index (χ1) is 16.0. The first-order valence-electron chi connectivity index (χ1n) is 10.4. The number of hydrogen-bond acceptors (Lipinski definition) is 6. The number of amides is 1. The van der Waals surface area contributed by atoms with E-state index in [0.29, 0.717) is 40.6 Å². The van der Waals surface area contributed by atoms with Crippen molar-refractivity contribution >= 4 is 40.0 Å². The number of rotatable bonds is 6. The third-order valence-corrected chi connectivity index (χ3v) is 5.15. The Bertz CT molecular complexity index is 1320. The van der Waals surface area contributed by atoms with Crippen molar-refractivity contribution < 1.29 is 18.7 Å². The number of nitrogens with zero attached hydrogens (tertiary/aromatic N) is 1. The first kappa shape index (κ1) is 22.3. The molecule has 168 valence electrons. The van der Waals surface area contributed by atoms with E-state index in [4.69, 9.17) is 26.1 Å². The van der Waals surface area contributed by atoms with Gasteiger partial charge >= 0.3 is 0 Å². The molecule has 33 heavy (non-hydrogen) atoms. The van der Waals surface area contributed by atoms with Gasteiger partial charge in [-0.3, -0.25) is 10.1 Å². The average Bonchev–Trinajstić information content (AvgIpc) is 3.23. The summed E-state index contributed by atoms with van der Waals surface area (Å²) in [6.07, 6.45) is 0. The third-order valence-electron chi connectivity index (χ3n) is 4.95. The van der Waals surface area contributed by atoms with Crippen LogP contribution in [0.1, 0.15) is 22.8 Å². The molecule has 0 saturated heterocycles. The molecule has 3 aromatic carbocycles. The number of carbonyl (C=O) groups is 1. The number of aryl methyl sites for hydroxylation is 1. The molecule has 7 nitrogen and oxygen atoms in total. The molecule has 0 atom stereocenters. The number of oxazole rings is 1. The zero-order valence-electron chi connectivity index (χ0n) is 18.5. The topological polar surface area (TPSA) is 85.6 Å². The van der Waals surface area contributed by atoms with Crippen LogP contribution in [0.5, 0.6) is 11.5 Å². The Morgan fingerprint density at radius 2 is 1.91 bits per heavy atom. The van der Waals surface area contributed by atoms with Gasteiger partial charge in [-0.1, -0.05) is 12.1 Å². The molecule has 8 heteroatoms. The molecule has 0 unspecified atom stereocenters. The highest BCUT2D eigenvalue weighted by atomic mass is 32.1. The Hall–Kier alpha value is -3.91. The number of fused-ring (bicyclic) bond motifs is 1. The van der Waals surface area contributed by atoms with E-state index in [2.05, 4.69) is 15.6 Å². The van der Waals surface area contributed by atoms with Gasteiger partial charge in [-0.25, -0.2) is 4.98 Å². The zero-order valence-corrected chi connectivity index (χ0v) is 19.3. The van der Waals surface area contributed by atoms with Crippen LogP contribution in [0, 0.1) is 6.92 Å². The van der Waals surface area contributed by atoms with Crippen LogP contribution in [0.4, 0.5) is 5.69 Å². The van der Waals surface area contributed by atoms with Crippen molar-refractivity contribution in [1.29, 1.82) is 0 Å². The summed E-state index contributed by atoms with van der Waals surface area (Å²) in [6, 6.07) is 18.3. The lowest BCUT2D eigenvalue weighted by Gasteiger charge is -2.13. The standard InChI is InChI=1S/C25H23N3O4S/c1-4-31-18-11-8-16(9-12-18)24-27-20-14-17(10-13-21(20)32-24)26-25(33)28-23(29)19-7-5-6-15(2)22(19)30-3/h5-14H,4H2,1-3H3,(H2,26,28,29,33). The smallest absolute Gasteiger partial charge is 0.261 e. The van der Waals surface area contributed by atoms with Crippen LogP contribution < -0.4 is 20.1 Å². The first-order valence-corrected chi connectivity index (χ1v) is 10.8. The summed E-state index contributed by atoms with van der Waals surface area (Å²) in [7, 11) is 1.53. The van der Waals surface area contributed by atoms with E-state index in [9.17, 15) is 4.79 Å². The molecule has 0 aliphatic rings. The minimum absolute atomic E-state index is 0.165. The molecule has 4 rings (SSSR count). The van der Waals surface area contributed by atoms with Crippen LogP contribution in [0.3, 0.4) is 0 Å². The number of methoxy groups -OCH3 is 1. The highest BCUT2D eigenvalue weighted by molar-refractivity contribution is 7.80. The molecule has 0 bridgehead atoms. The molecular weight excluding hydrogens is 438 g/mol. The Morgan fingerprint density at radius 1 is 1.12 bits per heavy atom. The average molecular weight is 462 g/mol. The van der Waals surface area contributed by atoms with E-state index < -0.39 is 0 Å². The number of anilines is 1. The van der Waals surface area contributed by atoms with Gasteiger partial charge in [-0.05, 0) is 80.2 Å². The molecule has 1 amide bonds. The van der Waals surface area contributed by atoms with Crippen molar-refractivity contribution in [3.8, 4) is 23.0 Å². The summed E-state index contributed by atoms with van der Waals surface area (Å²) in [5.74, 6) is 1.47. The monoisotopic (exact) mass is 461 g/mol. The van der Waals surface area contributed by atoms with Crippen LogP contribution in [-0.2, 0) is 0 Å². The van der Waals surface area contributed by atoms with Gasteiger partial charge in [0, 0.05) is 11.3 Å². The highest BCUT2D eigenvalue weighted by Gasteiger charge is 2.15. The number of para-hydroxylation sites is 1. The zero-order chi connectivity index (χ0) is 23.4. The van der Waals surface area contributed by atoms with E-state index in [1.807, 2.05) is 50.2 Å². The van der Waals surface area contributed by atoms with Gasteiger partial charge in [0.1, 0.15) is 17.0 Å². The number of carbonyl (C=O) groups excluding carboxylic acids is 1. The lowest BCUT2D eigenvalue weighted by atomic mass is 10.1. The molecule has 1 heterocycles. The Balaban J connectivity index is 1.47. The summed E-state index contributed by atoms with van der Waals surface area (Å²) in [5, 5.41) is 5.87. The normalized spacial score (nSPS) is 10.6. The van der Waals surface area contributed by atoms with E-state index in [1.54, 1.807) is 24.3 Å². The molecule has 0 spiro atoms. The fourth-order valence-electron chi connectivity index (χ4n) is 3.42. The molecule has 1 aromatic heterocycles. The minimum atomic E-state index is -0.353. The number of thiocarbonyl (C=S) groups is 1. The predicted octanol–water partition coefficient (Wildman–Crippen LogP) is 5.34. The minimum Gasteiger partial charge on any atom is -0.496 e. The number of nitrogens with one attached hydrogen (secondary N) is 2. The van der Waals surface area contributed by atoms with Crippen molar-refractivity contribution in [1.82, 2.24) is 10.3 Å². The van der Waals surface area contributed by atoms with Gasteiger partial charge in [0.15, 0.2) is 10.7 Å². The Kier molecular flexibility index (Phi) is 6.55. The molecule has 0 fully saturated rings. The quantitative estimate of drug-likeness (QED) is 0.375. The van der Waals surface area contributed by atoms with Crippen LogP contribution in [0.2, 0.25) is 0 Å². The van der Waals surface area contributed by atoms with Crippen molar-refractivity contribution in [2.75, 3.05) is 19.0 Å². The fourth-order valence-corrected chi connectivity index (χ4v) is 3.63. The summed E-state index contributed by atoms with van der Waals surface area (Å²) in [4.78, 5) is 17.2. The maximum absolute atomic E-state index is 12.7. The summed E-state index contributed by atoms with van der Waals surface area (Å²) in [5.41, 5.74) is 4.11. The van der Waals surface area contributed by atoms with E-state index in [-0.39, 0.29) is 11.0 Å². The van der Waals surface area contributed by atoms with Gasteiger partial charge < -0.3 is 19.2 Å². The summed E-state index contributed by atoms with van der Waals surface area (Å²) in [6.45, 7) is 4.43. The van der Waals surface area contributed by atoms with Crippen molar-refractivity contribution in [3.05, 3.63) is 71.8 Å². The maximum atomic E-state index is 12.7. The molecule has 2 N–H and O–H groups in total. The second-order valence-corrected chi connectivity index (χ2v) is 7.63. The van der Waals surface area contributed by atoms with Gasteiger partial charge in [-0.2, -0.15) is 0 Å². The molecule has 4 aromatic rings. The van der Waals surface area contributed by atoms with Gasteiger partial charge in [0.2, 0.25) is 5.89 Å². The highest BCUT2D eigenvalue weighted by Crippen LogP contribution is 2.28. The van der Waals surface area contributed by atoms with Crippen molar-refractivity contribution in [2.45, 2.75) is 13.8 Å². The lowest BCUT2D eigenvalue weighted by Crippen LogP contribution is -2.34. The van der Waals surface area contributed by atoms with E-state index in [1.165, 1.54) is 7.11 Å². The summed E-state index contributed by atoms with van der Waals surface area (Å²) < 4.78 is 16.7. The van der Waals surface area contributed by atoms with Crippen LogP contribution in [0.25, 0.3) is 22.6 Å². The summed E-state index contributed by atoms with van der Waals surface area (Å²) >= 11 is 5.32. The predicted molar refractivity (Wildman–Crippen MR) is 132 cm³/mol. The maximum Gasteiger partial charge on any atom is 0.261 e. The van der Waals surface area contributed by atoms with Gasteiger partial charge in [0.25, 0.3) is 5.91 Å². The Morgan fingerprint density at radius 3 is 2.64 bits per heavy atom. The van der Waals surface area contributed by atoms with Crippen LogP contribution in [-0.4, -0.2) is 29.7 Å². The fraction of sp³-hybridized carbons (Fsp3) is 0.160. The third kappa shape index (κ3) is 4.96. The van der Waals surface area contributed by atoms with E-state index >= 15 is 0 Å². The van der Waals surface area contributed by atoms with Crippen molar-refractivity contribution in [3.63, 3.8) is 0 Å². The SMILES string of the molecule is CCOc1ccc(-c2nc3cc(NC(=S)NC(=O)c4cccc(C)c4OC)ccc3o2)cc1. The molecule has 0 aliphatic heterocycles. The van der Waals surface area contributed by atoms with Crippen LogP contribution in [0.15, 0.2) is 65.1 Å². The molecular formula is C25H23N3O4S. The number of hydrogen-bond donors (Lipinski definition) is 2. The second kappa shape index (κ2) is 9.70. The largest absolute Gasteiger partial charge is 0.496 e. The second-order valence-electron chi connectivity index (χ2n) is 7.22. The Labute approximate surface area is 196 Å². The number of aromatic nitrogens is 1. The molecule has 0 radical (unpaired) electrons. The van der Waals surface area contributed by atoms with Crippen LogP contribution >= 0.6 is 12.2 Å². The number of benzene rings is 3. The van der Waals surface area contributed by atoms with Crippen molar-refractivity contribution in [2.24, 2.45) is 0 Å². The number of ether oxygens (including phenoxy) is 2. The lowest BCUT2D eigenvalue weighted by molar-refractivity contribution is 0.0974. The molecule has 0 aliphatic carbocycles.